The van der Waals surface area contributed by atoms with Crippen molar-refractivity contribution in [1.29, 1.82) is 0 Å². The van der Waals surface area contributed by atoms with Gasteiger partial charge in [0.1, 0.15) is 17.6 Å². The Morgan fingerprint density at radius 1 is 1.15 bits per heavy atom. The van der Waals surface area contributed by atoms with E-state index in [2.05, 4.69) is 15.4 Å². The fourth-order valence-electron chi connectivity index (χ4n) is 4.00. The van der Waals surface area contributed by atoms with Crippen LogP contribution in [-0.4, -0.2) is 20.3 Å². The van der Waals surface area contributed by atoms with Crippen LogP contribution in [0.2, 0.25) is 0 Å². The van der Waals surface area contributed by atoms with E-state index in [1.165, 1.54) is 11.3 Å². The highest BCUT2D eigenvalue weighted by Gasteiger charge is 2.34. The van der Waals surface area contributed by atoms with Gasteiger partial charge in [0.15, 0.2) is 4.80 Å². The molecule has 1 N–H and O–H groups in total. The van der Waals surface area contributed by atoms with Crippen molar-refractivity contribution in [2.75, 3.05) is 5.32 Å². The van der Waals surface area contributed by atoms with Gasteiger partial charge in [-0.05, 0) is 51.1 Å². The predicted octanol–water partition coefficient (Wildman–Crippen LogP) is 2.82. The normalized spacial score (nSPS) is 15.9. The second-order valence-corrected chi connectivity index (χ2v) is 9.17. The topological polar surface area (TPSA) is 94.4 Å². The lowest BCUT2D eigenvalue weighted by Gasteiger charge is -2.23. The van der Waals surface area contributed by atoms with Gasteiger partial charge in [-0.25, -0.2) is 4.99 Å². The van der Waals surface area contributed by atoms with Crippen molar-refractivity contribution >= 4 is 29.0 Å². The van der Waals surface area contributed by atoms with E-state index in [1.54, 1.807) is 28.4 Å². The molecule has 1 amide bonds. The number of nitrogens with one attached hydrogen (secondary N) is 1. The van der Waals surface area contributed by atoms with Gasteiger partial charge in [0.05, 0.1) is 22.0 Å². The summed E-state index contributed by atoms with van der Waals surface area (Å²) in [4.78, 5) is 32.2. The lowest BCUT2D eigenvalue weighted by Crippen LogP contribution is -2.40. The first-order chi connectivity index (χ1) is 16.3. The van der Waals surface area contributed by atoms with Crippen LogP contribution in [0.5, 0.6) is 0 Å². The average Bonchev–Trinajstić information content (AvgIpc) is 3.47. The number of hydrogen-bond acceptors (Lipinski definition) is 6. The molecule has 1 aliphatic heterocycles. The van der Waals surface area contributed by atoms with Gasteiger partial charge >= 0.3 is 0 Å². The van der Waals surface area contributed by atoms with E-state index in [1.807, 2.05) is 63.4 Å². The van der Waals surface area contributed by atoms with E-state index in [9.17, 15) is 9.59 Å². The number of furan rings is 1. The van der Waals surface area contributed by atoms with Gasteiger partial charge in [-0.1, -0.05) is 29.5 Å². The molecule has 9 heteroatoms. The minimum Gasteiger partial charge on any atom is -0.464 e. The van der Waals surface area contributed by atoms with E-state index >= 15 is 0 Å². The minimum atomic E-state index is -0.731. The molecule has 34 heavy (non-hydrogen) atoms. The molecule has 0 aliphatic carbocycles. The number of carbonyl (C=O) groups is 1. The molecule has 0 unspecified atom stereocenters. The number of allylic oxidation sites excluding steroid dienone is 1. The Morgan fingerprint density at radius 2 is 1.91 bits per heavy atom. The van der Waals surface area contributed by atoms with Crippen molar-refractivity contribution in [2.24, 2.45) is 12.0 Å². The van der Waals surface area contributed by atoms with Crippen LogP contribution in [0.1, 0.15) is 35.7 Å². The quantitative estimate of drug-likeness (QED) is 0.493. The summed E-state index contributed by atoms with van der Waals surface area (Å²) in [6.07, 6.45) is 3.55. The van der Waals surface area contributed by atoms with Crippen LogP contribution in [0.25, 0.3) is 6.08 Å². The molecule has 0 bridgehead atoms. The standard InChI is InChI=1S/C25H23N5O3S/c1-14-10-11-19(33-14)22-21(23(31)28-18-8-6-5-7-9-18)15(2)27-25-30(22)24(32)20(34-25)12-17-13-26-29(4)16(17)3/h5-13,22H,1-4H3,(H,28,31)/b20-12+/t22-/m0/s1. The highest BCUT2D eigenvalue weighted by molar-refractivity contribution is 7.07. The Bertz CT molecular complexity index is 1620. The molecule has 0 saturated heterocycles. The van der Waals surface area contributed by atoms with Crippen LogP contribution >= 0.6 is 11.3 Å². The van der Waals surface area contributed by atoms with Gasteiger partial charge in [-0.15, -0.1) is 0 Å². The number of nitrogens with zero attached hydrogens (tertiary/aromatic N) is 4. The zero-order chi connectivity index (χ0) is 24.0. The maximum Gasteiger partial charge on any atom is 0.271 e. The number of rotatable bonds is 4. The van der Waals surface area contributed by atoms with E-state index in [-0.39, 0.29) is 11.5 Å². The largest absolute Gasteiger partial charge is 0.464 e. The summed E-state index contributed by atoms with van der Waals surface area (Å²) >= 11 is 1.29. The molecule has 172 valence electrons. The van der Waals surface area contributed by atoms with Gasteiger partial charge in [-0.3, -0.25) is 18.8 Å². The molecule has 0 radical (unpaired) electrons. The first-order valence-electron chi connectivity index (χ1n) is 10.8. The third-order valence-electron chi connectivity index (χ3n) is 5.89. The molecule has 3 aromatic heterocycles. The second-order valence-electron chi connectivity index (χ2n) is 8.16. The Hall–Kier alpha value is -3.98. The van der Waals surface area contributed by atoms with Crippen LogP contribution in [0, 0.1) is 13.8 Å². The van der Waals surface area contributed by atoms with Crippen molar-refractivity contribution in [3.05, 3.63) is 102 Å². The number of aromatic nitrogens is 3. The molecule has 1 aliphatic rings. The smallest absolute Gasteiger partial charge is 0.271 e. The maximum atomic E-state index is 13.6. The van der Waals surface area contributed by atoms with E-state index in [0.717, 1.165) is 11.3 Å². The average molecular weight is 474 g/mol. The molecule has 0 spiro atoms. The second kappa shape index (κ2) is 8.42. The van der Waals surface area contributed by atoms with Crippen LogP contribution in [0.15, 0.2) is 74.1 Å². The number of thiazole rings is 1. The number of amides is 1. The van der Waals surface area contributed by atoms with Gasteiger partial charge in [0.25, 0.3) is 11.5 Å². The first-order valence-corrected chi connectivity index (χ1v) is 11.6. The van der Waals surface area contributed by atoms with Gasteiger partial charge in [-0.2, -0.15) is 5.10 Å². The lowest BCUT2D eigenvalue weighted by atomic mass is 10.00. The van der Waals surface area contributed by atoms with Crippen LogP contribution < -0.4 is 20.2 Å². The number of fused-ring (bicyclic) bond motifs is 1. The van der Waals surface area contributed by atoms with Crippen molar-refractivity contribution in [3.63, 3.8) is 0 Å². The first kappa shape index (κ1) is 21.8. The van der Waals surface area contributed by atoms with E-state index in [4.69, 9.17) is 4.42 Å². The molecular weight excluding hydrogens is 450 g/mol. The maximum absolute atomic E-state index is 13.6. The molecule has 1 aromatic carbocycles. The fraction of sp³-hybridized carbons (Fsp3) is 0.200. The number of hydrogen-bond donors (Lipinski definition) is 1. The molecule has 4 heterocycles. The predicted molar refractivity (Wildman–Crippen MR) is 130 cm³/mol. The molecule has 5 rings (SSSR count). The summed E-state index contributed by atoms with van der Waals surface area (Å²) in [7, 11) is 1.86. The summed E-state index contributed by atoms with van der Waals surface area (Å²) in [5.41, 5.74) is 3.14. The number of anilines is 1. The van der Waals surface area contributed by atoms with Crippen LogP contribution in [-0.2, 0) is 11.8 Å². The van der Waals surface area contributed by atoms with Crippen molar-refractivity contribution in [2.45, 2.75) is 26.8 Å². The third kappa shape index (κ3) is 3.73. The number of benzene rings is 1. The lowest BCUT2D eigenvalue weighted by molar-refractivity contribution is -0.113. The zero-order valence-corrected chi connectivity index (χ0v) is 20.0. The number of carbonyl (C=O) groups excluding carboxylic acids is 1. The van der Waals surface area contributed by atoms with Crippen LogP contribution in [0.3, 0.4) is 0 Å². The fourth-order valence-corrected chi connectivity index (χ4v) is 5.04. The van der Waals surface area contributed by atoms with Crippen molar-refractivity contribution in [3.8, 4) is 0 Å². The Morgan fingerprint density at radius 3 is 2.56 bits per heavy atom. The zero-order valence-electron chi connectivity index (χ0n) is 19.2. The summed E-state index contributed by atoms with van der Waals surface area (Å²) in [6, 6.07) is 12.1. The summed E-state index contributed by atoms with van der Waals surface area (Å²) in [5.74, 6) is 0.875. The summed E-state index contributed by atoms with van der Waals surface area (Å²) in [5, 5.41) is 7.18. The molecule has 0 fully saturated rings. The van der Waals surface area contributed by atoms with E-state index in [0.29, 0.717) is 37.8 Å². The van der Waals surface area contributed by atoms with Gasteiger partial charge in [0, 0.05) is 24.0 Å². The van der Waals surface area contributed by atoms with E-state index < -0.39 is 6.04 Å². The molecule has 8 nitrogen and oxygen atoms in total. The molecule has 4 aromatic rings. The Kier molecular flexibility index (Phi) is 5.41. The Balaban J connectivity index is 1.68. The molecule has 0 saturated carbocycles. The van der Waals surface area contributed by atoms with Gasteiger partial charge < -0.3 is 9.73 Å². The third-order valence-corrected chi connectivity index (χ3v) is 6.87. The van der Waals surface area contributed by atoms with Crippen molar-refractivity contribution < 1.29 is 9.21 Å². The SMILES string of the molecule is CC1=C(C(=O)Nc2ccccc2)[C@H](c2ccc(C)o2)n2c(s/c(=C/c3cnn(C)c3C)c2=O)=N1. The number of aryl methyl sites for hydroxylation is 2. The highest BCUT2D eigenvalue weighted by atomic mass is 32.1. The van der Waals surface area contributed by atoms with Gasteiger partial charge in [0.2, 0.25) is 0 Å². The molecule has 1 atom stereocenters. The monoisotopic (exact) mass is 473 g/mol. The summed E-state index contributed by atoms with van der Waals surface area (Å²) in [6.45, 7) is 5.56. The summed E-state index contributed by atoms with van der Waals surface area (Å²) < 4.78 is 9.75. The molecular formula is C25H23N5O3S. The van der Waals surface area contributed by atoms with Crippen molar-refractivity contribution in [1.82, 2.24) is 14.3 Å². The highest BCUT2D eigenvalue weighted by Crippen LogP contribution is 2.31. The minimum absolute atomic E-state index is 0.233. The number of para-hydroxylation sites is 1. The Labute approximate surface area is 199 Å². The van der Waals surface area contributed by atoms with Crippen LogP contribution in [0.4, 0.5) is 5.69 Å².